The van der Waals surface area contributed by atoms with Crippen LogP contribution in [-0.4, -0.2) is 54.1 Å². The van der Waals surface area contributed by atoms with E-state index >= 15 is 0 Å². The molecule has 1 aromatic heterocycles. The van der Waals surface area contributed by atoms with Crippen molar-refractivity contribution in [2.45, 2.75) is 13.2 Å². The fourth-order valence-corrected chi connectivity index (χ4v) is 1.62. The van der Waals surface area contributed by atoms with Gasteiger partial charge in [0.1, 0.15) is 6.73 Å². The lowest BCUT2D eigenvalue weighted by atomic mass is 10.4. The van der Waals surface area contributed by atoms with Crippen LogP contribution >= 0.6 is 12.2 Å². The van der Waals surface area contributed by atoms with Gasteiger partial charge in [0.05, 0.1) is 18.1 Å². The van der Waals surface area contributed by atoms with Crippen molar-refractivity contribution >= 4 is 23.0 Å². The Kier molecular flexibility index (Phi) is 6.63. The number of ether oxygens (including phenoxy) is 1. The normalized spacial score (nSPS) is 10.7. The first-order chi connectivity index (χ1) is 8.61. The number of methoxy groups -OCH3 is 1. The van der Waals surface area contributed by atoms with E-state index in [2.05, 4.69) is 34.7 Å². The Hall–Kier alpha value is -1.18. The average molecular weight is 271 g/mol. The second-order valence-corrected chi connectivity index (χ2v) is 4.63. The van der Waals surface area contributed by atoms with Crippen molar-refractivity contribution in [2.24, 2.45) is 0 Å². The summed E-state index contributed by atoms with van der Waals surface area (Å²) in [5.41, 5.74) is 0.858. The van der Waals surface area contributed by atoms with Crippen LogP contribution in [0.25, 0.3) is 0 Å². The molecule has 0 fully saturated rings. The minimum atomic E-state index is 0.435. The maximum atomic E-state index is 5.18. The number of anilines is 1. The molecule has 0 aromatic carbocycles. The summed E-state index contributed by atoms with van der Waals surface area (Å²) in [6.07, 6.45) is 4.61. The molecule has 7 heteroatoms. The van der Waals surface area contributed by atoms with Gasteiger partial charge in [0.25, 0.3) is 0 Å². The summed E-state index contributed by atoms with van der Waals surface area (Å²) >= 11 is 5.18. The van der Waals surface area contributed by atoms with E-state index in [1.165, 1.54) is 0 Å². The monoisotopic (exact) mass is 271 g/mol. The van der Waals surface area contributed by atoms with E-state index in [1.54, 1.807) is 18.0 Å². The Morgan fingerprint density at radius 1 is 1.56 bits per heavy atom. The number of hydrogen-bond donors (Lipinski definition) is 2. The first-order valence-corrected chi connectivity index (χ1v) is 6.23. The van der Waals surface area contributed by atoms with E-state index in [0.29, 0.717) is 11.8 Å². The van der Waals surface area contributed by atoms with E-state index in [0.717, 1.165) is 25.2 Å². The zero-order valence-corrected chi connectivity index (χ0v) is 12.0. The predicted molar refractivity (Wildman–Crippen MR) is 76.6 cm³/mol. The van der Waals surface area contributed by atoms with Crippen molar-refractivity contribution in [2.75, 3.05) is 39.6 Å². The lowest BCUT2D eigenvalue weighted by Gasteiger charge is -2.11. The van der Waals surface area contributed by atoms with Crippen molar-refractivity contribution in [3.8, 4) is 0 Å². The molecule has 1 aromatic rings. The van der Waals surface area contributed by atoms with Gasteiger partial charge in [0.15, 0.2) is 5.11 Å². The quantitative estimate of drug-likeness (QED) is 0.563. The highest BCUT2D eigenvalue weighted by Crippen LogP contribution is 2.04. The molecule has 0 unspecified atom stereocenters. The summed E-state index contributed by atoms with van der Waals surface area (Å²) in [7, 11) is 5.74. The van der Waals surface area contributed by atoms with Crippen molar-refractivity contribution in [1.82, 2.24) is 20.0 Å². The molecule has 0 atom stereocenters. The molecule has 0 spiro atoms. The van der Waals surface area contributed by atoms with Crippen LogP contribution in [0.15, 0.2) is 12.4 Å². The molecule has 0 radical (unpaired) electrons. The van der Waals surface area contributed by atoms with Crippen molar-refractivity contribution in [3.63, 3.8) is 0 Å². The Morgan fingerprint density at radius 3 is 3.00 bits per heavy atom. The Labute approximate surface area is 113 Å². The molecule has 18 heavy (non-hydrogen) atoms. The zero-order valence-electron chi connectivity index (χ0n) is 11.1. The molecule has 0 aliphatic carbocycles. The molecular weight excluding hydrogens is 250 g/mol. The van der Waals surface area contributed by atoms with Gasteiger partial charge in [0.2, 0.25) is 0 Å². The second kappa shape index (κ2) is 8.02. The van der Waals surface area contributed by atoms with Gasteiger partial charge in [-0.05, 0) is 39.3 Å². The molecular formula is C11H21N5OS. The maximum Gasteiger partial charge on any atom is 0.170 e. The van der Waals surface area contributed by atoms with E-state index in [1.807, 2.05) is 6.20 Å². The van der Waals surface area contributed by atoms with Crippen LogP contribution in [0.5, 0.6) is 0 Å². The van der Waals surface area contributed by atoms with Crippen molar-refractivity contribution in [3.05, 3.63) is 12.4 Å². The summed E-state index contributed by atoms with van der Waals surface area (Å²) < 4.78 is 6.66. The second-order valence-electron chi connectivity index (χ2n) is 4.22. The van der Waals surface area contributed by atoms with Gasteiger partial charge in [0, 0.05) is 13.7 Å². The Bertz CT molecular complexity index is 366. The topological polar surface area (TPSA) is 54.4 Å². The van der Waals surface area contributed by atoms with Crippen LogP contribution in [0.2, 0.25) is 0 Å². The maximum absolute atomic E-state index is 5.18. The zero-order chi connectivity index (χ0) is 13.4. The van der Waals surface area contributed by atoms with Crippen LogP contribution in [0.3, 0.4) is 0 Å². The third-order valence-corrected chi connectivity index (χ3v) is 2.47. The molecule has 102 valence electrons. The molecule has 0 saturated carbocycles. The van der Waals surface area contributed by atoms with Gasteiger partial charge in [-0.25, -0.2) is 4.68 Å². The van der Waals surface area contributed by atoms with Crippen LogP contribution in [0, 0.1) is 0 Å². The van der Waals surface area contributed by atoms with Crippen LogP contribution < -0.4 is 10.6 Å². The summed E-state index contributed by atoms with van der Waals surface area (Å²) in [4.78, 5) is 2.15. The molecule has 1 rings (SSSR count). The largest absolute Gasteiger partial charge is 0.362 e. The van der Waals surface area contributed by atoms with Gasteiger partial charge < -0.3 is 20.3 Å². The highest BCUT2D eigenvalue weighted by Gasteiger charge is 2.00. The number of hydrogen-bond acceptors (Lipinski definition) is 4. The first kappa shape index (κ1) is 14.9. The Balaban J connectivity index is 2.22. The van der Waals surface area contributed by atoms with Gasteiger partial charge in [-0.2, -0.15) is 5.10 Å². The molecule has 1 heterocycles. The number of aromatic nitrogens is 2. The van der Waals surface area contributed by atoms with E-state index in [4.69, 9.17) is 17.0 Å². The minimum absolute atomic E-state index is 0.435. The highest BCUT2D eigenvalue weighted by molar-refractivity contribution is 7.80. The lowest BCUT2D eigenvalue weighted by Crippen LogP contribution is -2.30. The SMILES string of the molecule is COCn1cc(NC(=S)NCCCN(C)C)cn1. The van der Waals surface area contributed by atoms with E-state index in [-0.39, 0.29) is 0 Å². The third-order valence-electron chi connectivity index (χ3n) is 2.22. The predicted octanol–water partition coefficient (Wildman–Crippen LogP) is 0.725. The fraction of sp³-hybridized carbons (Fsp3) is 0.636. The number of nitrogens with one attached hydrogen (secondary N) is 2. The van der Waals surface area contributed by atoms with E-state index in [9.17, 15) is 0 Å². The molecule has 0 saturated heterocycles. The van der Waals surface area contributed by atoms with Crippen LogP contribution in [0.4, 0.5) is 5.69 Å². The van der Waals surface area contributed by atoms with Gasteiger partial charge >= 0.3 is 0 Å². The molecule has 0 amide bonds. The average Bonchev–Trinajstić information content (AvgIpc) is 2.72. The van der Waals surface area contributed by atoms with Gasteiger partial charge in [-0.3, -0.25) is 0 Å². The summed E-state index contributed by atoms with van der Waals surface area (Å²) in [5, 5.41) is 11.0. The van der Waals surface area contributed by atoms with Gasteiger partial charge in [-0.15, -0.1) is 0 Å². The summed E-state index contributed by atoms with van der Waals surface area (Å²) in [6, 6.07) is 0. The van der Waals surface area contributed by atoms with Crippen LogP contribution in [-0.2, 0) is 11.5 Å². The standard InChI is InChI=1S/C11H21N5OS/c1-15(2)6-4-5-12-11(18)14-10-7-13-16(8-10)9-17-3/h7-8H,4-6,9H2,1-3H3,(H2,12,14,18). The van der Waals surface area contributed by atoms with Crippen molar-refractivity contribution in [1.29, 1.82) is 0 Å². The fourth-order valence-electron chi connectivity index (χ4n) is 1.40. The van der Waals surface area contributed by atoms with Crippen LogP contribution in [0.1, 0.15) is 6.42 Å². The molecule has 0 bridgehead atoms. The summed E-state index contributed by atoms with van der Waals surface area (Å²) in [5.74, 6) is 0. The lowest BCUT2D eigenvalue weighted by molar-refractivity contribution is 0.120. The highest BCUT2D eigenvalue weighted by atomic mass is 32.1. The molecule has 0 aliphatic heterocycles. The number of nitrogens with zero attached hydrogens (tertiary/aromatic N) is 3. The van der Waals surface area contributed by atoms with Crippen molar-refractivity contribution < 1.29 is 4.74 Å². The number of thiocarbonyl (C=S) groups is 1. The summed E-state index contributed by atoms with van der Waals surface area (Å²) in [6.45, 7) is 2.34. The van der Waals surface area contributed by atoms with Gasteiger partial charge in [-0.1, -0.05) is 0 Å². The third kappa shape index (κ3) is 5.95. The Morgan fingerprint density at radius 2 is 2.33 bits per heavy atom. The molecule has 2 N–H and O–H groups in total. The van der Waals surface area contributed by atoms with E-state index < -0.39 is 0 Å². The number of rotatable bonds is 7. The molecule has 6 nitrogen and oxygen atoms in total. The first-order valence-electron chi connectivity index (χ1n) is 5.83. The molecule has 0 aliphatic rings. The smallest absolute Gasteiger partial charge is 0.170 e. The minimum Gasteiger partial charge on any atom is -0.362 e.